The van der Waals surface area contributed by atoms with Crippen molar-refractivity contribution in [1.29, 1.82) is 0 Å². The molecule has 116 valence electrons. The van der Waals surface area contributed by atoms with Gasteiger partial charge in [-0.05, 0) is 37.5 Å². The van der Waals surface area contributed by atoms with Crippen LogP contribution in [0.4, 0.5) is 18.9 Å². The van der Waals surface area contributed by atoms with Gasteiger partial charge in [0, 0.05) is 24.4 Å². The summed E-state index contributed by atoms with van der Waals surface area (Å²) in [6.07, 6.45) is -1.78. The fraction of sp³-hybridized carbons (Fsp3) is 0.500. The van der Waals surface area contributed by atoms with Crippen molar-refractivity contribution in [3.05, 3.63) is 29.3 Å². The summed E-state index contributed by atoms with van der Waals surface area (Å²) in [6, 6.07) is 3.14. The van der Waals surface area contributed by atoms with Crippen molar-refractivity contribution in [2.75, 3.05) is 18.9 Å². The Morgan fingerprint density at radius 1 is 1.38 bits per heavy atom. The number of nitrogens with two attached hydrogens (primary N) is 1. The van der Waals surface area contributed by atoms with Crippen molar-refractivity contribution >= 4 is 11.6 Å². The predicted octanol–water partition coefficient (Wildman–Crippen LogP) is 2.59. The molecule has 1 aliphatic rings. The number of rotatable bonds is 3. The van der Waals surface area contributed by atoms with Crippen LogP contribution in [0.1, 0.15) is 35.2 Å². The molecule has 1 heterocycles. The zero-order chi connectivity index (χ0) is 15.5. The first-order valence-electron chi connectivity index (χ1n) is 6.74. The molecule has 0 bridgehead atoms. The molecule has 1 aliphatic heterocycles. The van der Waals surface area contributed by atoms with Gasteiger partial charge in [0.05, 0.1) is 11.7 Å². The number of nitrogen functional groups attached to an aromatic ring is 1. The Morgan fingerprint density at radius 3 is 2.76 bits per heavy atom. The summed E-state index contributed by atoms with van der Waals surface area (Å²) < 4.78 is 43.7. The number of anilines is 1. The molecule has 0 aliphatic carbocycles. The number of carbonyl (C=O) groups is 1. The molecule has 0 radical (unpaired) electrons. The predicted molar refractivity (Wildman–Crippen MR) is 71.8 cm³/mol. The van der Waals surface area contributed by atoms with E-state index in [1.165, 1.54) is 6.07 Å². The van der Waals surface area contributed by atoms with Crippen LogP contribution in [0.3, 0.4) is 0 Å². The van der Waals surface area contributed by atoms with Crippen molar-refractivity contribution in [3.63, 3.8) is 0 Å². The van der Waals surface area contributed by atoms with Crippen molar-refractivity contribution in [2.24, 2.45) is 0 Å². The van der Waals surface area contributed by atoms with Gasteiger partial charge in [0.15, 0.2) is 0 Å². The largest absolute Gasteiger partial charge is 0.418 e. The Kier molecular flexibility index (Phi) is 4.72. The number of halogens is 3. The van der Waals surface area contributed by atoms with Crippen LogP contribution in [0.15, 0.2) is 18.2 Å². The highest BCUT2D eigenvalue weighted by Crippen LogP contribution is 2.33. The minimum Gasteiger partial charge on any atom is -0.398 e. The molecule has 1 amide bonds. The van der Waals surface area contributed by atoms with Gasteiger partial charge in [0.25, 0.3) is 5.91 Å². The van der Waals surface area contributed by atoms with E-state index in [1.54, 1.807) is 0 Å². The van der Waals surface area contributed by atoms with Crippen LogP contribution in [0.5, 0.6) is 0 Å². The maximum atomic E-state index is 12.7. The van der Waals surface area contributed by atoms with Crippen LogP contribution in [0, 0.1) is 0 Å². The Morgan fingerprint density at radius 2 is 2.14 bits per heavy atom. The van der Waals surface area contributed by atoms with Crippen LogP contribution in [-0.4, -0.2) is 25.2 Å². The quantitative estimate of drug-likeness (QED) is 0.844. The van der Waals surface area contributed by atoms with Crippen LogP contribution >= 0.6 is 0 Å². The van der Waals surface area contributed by atoms with Crippen molar-refractivity contribution in [2.45, 2.75) is 31.5 Å². The second-order valence-corrected chi connectivity index (χ2v) is 5.00. The third-order valence-corrected chi connectivity index (χ3v) is 3.39. The summed E-state index contributed by atoms with van der Waals surface area (Å²) in [7, 11) is 0. The highest BCUT2D eigenvalue weighted by Gasteiger charge is 2.33. The monoisotopic (exact) mass is 302 g/mol. The maximum Gasteiger partial charge on any atom is 0.418 e. The van der Waals surface area contributed by atoms with Crippen LogP contribution in [0.25, 0.3) is 0 Å². The lowest BCUT2D eigenvalue weighted by atomic mass is 10.1. The Balaban J connectivity index is 2.02. The van der Waals surface area contributed by atoms with Crippen molar-refractivity contribution in [3.8, 4) is 0 Å². The number of hydrogen-bond acceptors (Lipinski definition) is 3. The normalized spacial score (nSPS) is 19.3. The number of ether oxygens (including phenoxy) is 1. The van der Waals surface area contributed by atoms with Gasteiger partial charge in [-0.15, -0.1) is 0 Å². The summed E-state index contributed by atoms with van der Waals surface area (Å²) in [5.74, 6) is -0.560. The molecule has 1 aromatic rings. The molecular weight excluding hydrogens is 285 g/mol. The molecule has 2 rings (SSSR count). The number of nitrogens with one attached hydrogen (secondary N) is 1. The summed E-state index contributed by atoms with van der Waals surface area (Å²) in [5.41, 5.74) is 3.84. The Hall–Kier alpha value is -1.76. The lowest BCUT2D eigenvalue weighted by Crippen LogP contribution is -2.35. The van der Waals surface area contributed by atoms with E-state index in [1.807, 2.05) is 0 Å². The van der Waals surface area contributed by atoms with E-state index in [0.29, 0.717) is 13.2 Å². The fourth-order valence-electron chi connectivity index (χ4n) is 2.22. The van der Waals surface area contributed by atoms with Gasteiger partial charge in [-0.2, -0.15) is 13.2 Å². The standard InChI is InChI=1S/C14H17F3N2O2/c15-14(16,17)11-7-9(4-5-12(11)18)13(20)19-8-10-3-1-2-6-21-10/h4-5,7,10H,1-3,6,8,18H2,(H,19,20). The molecule has 1 unspecified atom stereocenters. The zero-order valence-electron chi connectivity index (χ0n) is 11.4. The van der Waals surface area contributed by atoms with E-state index >= 15 is 0 Å². The lowest BCUT2D eigenvalue weighted by molar-refractivity contribution is -0.136. The molecule has 0 saturated carbocycles. The molecule has 1 saturated heterocycles. The highest BCUT2D eigenvalue weighted by atomic mass is 19.4. The average Bonchev–Trinajstić information content (AvgIpc) is 2.45. The summed E-state index contributed by atoms with van der Waals surface area (Å²) >= 11 is 0. The van der Waals surface area contributed by atoms with Crippen LogP contribution < -0.4 is 11.1 Å². The molecular formula is C14H17F3N2O2. The number of alkyl halides is 3. The van der Waals surface area contributed by atoms with E-state index in [9.17, 15) is 18.0 Å². The average molecular weight is 302 g/mol. The topological polar surface area (TPSA) is 64.4 Å². The number of benzene rings is 1. The van der Waals surface area contributed by atoms with Gasteiger partial charge in [-0.1, -0.05) is 0 Å². The fourth-order valence-corrected chi connectivity index (χ4v) is 2.22. The molecule has 3 N–H and O–H groups in total. The summed E-state index contributed by atoms with van der Waals surface area (Å²) in [4.78, 5) is 11.9. The molecule has 1 fully saturated rings. The van der Waals surface area contributed by atoms with E-state index in [4.69, 9.17) is 10.5 Å². The summed E-state index contributed by atoms with van der Waals surface area (Å²) in [5, 5.41) is 2.59. The smallest absolute Gasteiger partial charge is 0.398 e. The maximum absolute atomic E-state index is 12.7. The van der Waals surface area contributed by atoms with Gasteiger partial charge in [-0.3, -0.25) is 4.79 Å². The highest BCUT2D eigenvalue weighted by molar-refractivity contribution is 5.94. The third kappa shape index (κ3) is 4.10. The van der Waals surface area contributed by atoms with Gasteiger partial charge in [-0.25, -0.2) is 0 Å². The molecule has 4 nitrogen and oxygen atoms in total. The summed E-state index contributed by atoms with van der Waals surface area (Å²) in [6.45, 7) is 0.950. The van der Waals surface area contributed by atoms with Crippen LogP contribution in [-0.2, 0) is 10.9 Å². The molecule has 7 heteroatoms. The first-order chi connectivity index (χ1) is 9.88. The Labute approximate surface area is 120 Å². The van der Waals surface area contributed by atoms with E-state index < -0.39 is 23.3 Å². The molecule has 1 aromatic carbocycles. The Bertz CT molecular complexity index is 511. The number of hydrogen-bond donors (Lipinski definition) is 2. The lowest BCUT2D eigenvalue weighted by Gasteiger charge is -2.22. The van der Waals surface area contributed by atoms with Gasteiger partial charge in [0.2, 0.25) is 0 Å². The number of carbonyl (C=O) groups excluding carboxylic acids is 1. The van der Waals surface area contributed by atoms with Crippen molar-refractivity contribution in [1.82, 2.24) is 5.32 Å². The van der Waals surface area contributed by atoms with Gasteiger partial charge < -0.3 is 15.8 Å². The molecule has 0 aromatic heterocycles. The van der Waals surface area contributed by atoms with Gasteiger partial charge in [0.1, 0.15) is 0 Å². The third-order valence-electron chi connectivity index (χ3n) is 3.39. The second kappa shape index (κ2) is 6.34. The van der Waals surface area contributed by atoms with E-state index in [0.717, 1.165) is 31.4 Å². The van der Waals surface area contributed by atoms with Crippen LogP contribution in [0.2, 0.25) is 0 Å². The minimum absolute atomic E-state index is 0.0627. The van der Waals surface area contributed by atoms with Crippen molar-refractivity contribution < 1.29 is 22.7 Å². The van der Waals surface area contributed by atoms with E-state index in [-0.39, 0.29) is 11.7 Å². The first-order valence-corrected chi connectivity index (χ1v) is 6.74. The van der Waals surface area contributed by atoms with Gasteiger partial charge >= 0.3 is 6.18 Å². The number of amides is 1. The molecule has 21 heavy (non-hydrogen) atoms. The van der Waals surface area contributed by atoms with E-state index in [2.05, 4.69) is 5.32 Å². The first kappa shape index (κ1) is 15.6. The SMILES string of the molecule is Nc1ccc(C(=O)NCC2CCCCO2)cc1C(F)(F)F. The molecule has 1 atom stereocenters. The second-order valence-electron chi connectivity index (χ2n) is 5.00. The minimum atomic E-state index is -4.58. The zero-order valence-corrected chi connectivity index (χ0v) is 11.4. The molecule has 0 spiro atoms.